The minimum atomic E-state index is -4.18. The Morgan fingerprint density at radius 2 is 1.85 bits per heavy atom. The molecule has 0 aromatic carbocycles. The lowest BCUT2D eigenvalue weighted by Gasteiger charge is -2.36. The van der Waals surface area contributed by atoms with E-state index < -0.39 is 24.3 Å². The lowest BCUT2D eigenvalue weighted by Crippen LogP contribution is -2.46. The van der Waals surface area contributed by atoms with E-state index >= 15 is 0 Å². The molecule has 0 aromatic heterocycles. The second-order valence-electron chi connectivity index (χ2n) is 8.37. The molecule has 0 bridgehead atoms. The molecule has 7 heteroatoms. The first-order valence-electron chi connectivity index (χ1n) is 9.98. The Balaban J connectivity index is 1.72. The fourth-order valence-corrected chi connectivity index (χ4v) is 5.13. The minimum Gasteiger partial charge on any atom is -0.298 e. The van der Waals surface area contributed by atoms with Crippen LogP contribution in [0.1, 0.15) is 51.4 Å². The number of hydrazine groups is 1. The number of terminal acetylenes is 1. The van der Waals surface area contributed by atoms with Crippen molar-refractivity contribution in [2.75, 3.05) is 13.1 Å². The lowest BCUT2D eigenvalue weighted by molar-refractivity contribution is -0.187. The van der Waals surface area contributed by atoms with Crippen molar-refractivity contribution in [3.8, 4) is 12.3 Å². The number of rotatable bonds is 4. The van der Waals surface area contributed by atoms with E-state index in [0.29, 0.717) is 51.6 Å². The van der Waals surface area contributed by atoms with Crippen LogP contribution in [0, 0.1) is 36.0 Å². The largest absolute Gasteiger partial charge is 0.391 e. The first kappa shape index (κ1) is 20.6. The molecule has 3 aliphatic rings. The van der Waals surface area contributed by atoms with Crippen molar-refractivity contribution in [3.63, 3.8) is 0 Å². The molecule has 3 fully saturated rings. The summed E-state index contributed by atoms with van der Waals surface area (Å²) < 4.78 is 53.1. The van der Waals surface area contributed by atoms with Crippen LogP contribution in [0.25, 0.3) is 0 Å². The van der Waals surface area contributed by atoms with Crippen LogP contribution < -0.4 is 5.43 Å². The average molecular weight is 388 g/mol. The van der Waals surface area contributed by atoms with Crippen molar-refractivity contribution in [1.29, 1.82) is 0 Å². The highest BCUT2D eigenvalue weighted by Gasteiger charge is 2.48. The molecule has 152 valence electrons. The number of halogens is 4. The first-order chi connectivity index (χ1) is 12.8. The lowest BCUT2D eigenvalue weighted by atomic mass is 9.70. The molecule has 4 atom stereocenters. The van der Waals surface area contributed by atoms with E-state index in [0.717, 1.165) is 0 Å². The maximum absolute atomic E-state index is 13.4. The van der Waals surface area contributed by atoms with Crippen LogP contribution in [0.4, 0.5) is 17.6 Å². The number of Topliss-reactive ketones (excluding diaryl/α,β-unsaturated/α-hetero) is 1. The maximum atomic E-state index is 13.4. The summed E-state index contributed by atoms with van der Waals surface area (Å²) in [4.78, 5) is 13.1. The van der Waals surface area contributed by atoms with Gasteiger partial charge in [0.05, 0.1) is 18.5 Å². The van der Waals surface area contributed by atoms with Crippen molar-refractivity contribution in [2.45, 2.75) is 69.8 Å². The number of hydrogen-bond donors (Lipinski definition) is 1. The van der Waals surface area contributed by atoms with Crippen LogP contribution in [-0.2, 0) is 4.79 Å². The standard InChI is InChI=1S/C20H28F4N2O/c1-2-10-26-12-17(14-4-3-5-15(11-14)20(22,23)24)18(25-26)19(27)13-6-8-16(21)9-7-13/h1,13-18,25H,3-12H2. The number of hydrogen-bond acceptors (Lipinski definition) is 3. The molecular weight excluding hydrogens is 360 g/mol. The van der Waals surface area contributed by atoms with Crippen LogP contribution in [0.2, 0.25) is 0 Å². The van der Waals surface area contributed by atoms with Gasteiger partial charge in [0, 0.05) is 12.5 Å². The van der Waals surface area contributed by atoms with Gasteiger partial charge in [0.15, 0.2) is 5.78 Å². The number of ketones is 1. The summed E-state index contributed by atoms with van der Waals surface area (Å²) in [5.41, 5.74) is 3.17. The number of carbonyl (C=O) groups excluding carboxylic acids is 1. The molecule has 3 nitrogen and oxygen atoms in total. The number of nitrogens with zero attached hydrogens (tertiary/aromatic N) is 1. The van der Waals surface area contributed by atoms with Gasteiger partial charge in [-0.1, -0.05) is 18.8 Å². The molecule has 0 spiro atoms. The molecule has 2 aliphatic carbocycles. The van der Waals surface area contributed by atoms with Crippen LogP contribution in [-0.4, -0.2) is 42.3 Å². The van der Waals surface area contributed by atoms with Crippen molar-refractivity contribution in [2.24, 2.45) is 23.7 Å². The second-order valence-corrected chi connectivity index (χ2v) is 8.37. The normalized spacial score (nSPS) is 38.5. The van der Waals surface area contributed by atoms with Gasteiger partial charge < -0.3 is 0 Å². The molecule has 1 saturated heterocycles. The Kier molecular flexibility index (Phi) is 6.47. The summed E-state index contributed by atoms with van der Waals surface area (Å²) in [5.74, 6) is 0.762. The molecule has 3 rings (SSSR count). The van der Waals surface area contributed by atoms with Gasteiger partial charge in [-0.15, -0.1) is 6.42 Å². The zero-order chi connectivity index (χ0) is 19.6. The monoisotopic (exact) mass is 388 g/mol. The molecule has 27 heavy (non-hydrogen) atoms. The first-order valence-corrected chi connectivity index (χ1v) is 9.98. The van der Waals surface area contributed by atoms with Crippen molar-refractivity contribution in [1.82, 2.24) is 10.4 Å². The zero-order valence-corrected chi connectivity index (χ0v) is 15.5. The van der Waals surface area contributed by atoms with Gasteiger partial charge in [-0.05, 0) is 50.4 Å². The quantitative estimate of drug-likeness (QED) is 0.586. The fraction of sp³-hybridized carbons (Fsp3) is 0.850. The van der Waals surface area contributed by atoms with Gasteiger partial charge in [-0.25, -0.2) is 14.8 Å². The van der Waals surface area contributed by atoms with Crippen molar-refractivity contribution < 1.29 is 22.4 Å². The number of carbonyl (C=O) groups is 1. The third-order valence-corrected chi connectivity index (χ3v) is 6.61. The Morgan fingerprint density at radius 1 is 1.15 bits per heavy atom. The molecular formula is C20H28F4N2O. The van der Waals surface area contributed by atoms with Gasteiger partial charge in [-0.3, -0.25) is 4.79 Å². The van der Waals surface area contributed by atoms with Gasteiger partial charge >= 0.3 is 6.18 Å². The summed E-state index contributed by atoms with van der Waals surface area (Å²) in [7, 11) is 0. The van der Waals surface area contributed by atoms with E-state index in [1.807, 2.05) is 0 Å². The molecule has 0 amide bonds. The Morgan fingerprint density at radius 3 is 2.48 bits per heavy atom. The minimum absolute atomic E-state index is 0.0283. The fourth-order valence-electron chi connectivity index (χ4n) is 5.13. The van der Waals surface area contributed by atoms with Crippen molar-refractivity contribution >= 4 is 5.78 Å². The van der Waals surface area contributed by atoms with Crippen LogP contribution in [0.15, 0.2) is 0 Å². The van der Waals surface area contributed by atoms with Gasteiger partial charge in [0.25, 0.3) is 0 Å². The Hall–Kier alpha value is -1.13. The van der Waals surface area contributed by atoms with E-state index in [1.54, 1.807) is 5.01 Å². The van der Waals surface area contributed by atoms with Crippen LogP contribution in [0.5, 0.6) is 0 Å². The predicted molar refractivity (Wildman–Crippen MR) is 94.2 cm³/mol. The van der Waals surface area contributed by atoms with E-state index in [1.165, 1.54) is 0 Å². The van der Waals surface area contributed by atoms with Gasteiger partial charge in [0.1, 0.15) is 6.17 Å². The molecule has 4 unspecified atom stereocenters. The van der Waals surface area contributed by atoms with Crippen LogP contribution in [0.3, 0.4) is 0 Å². The summed E-state index contributed by atoms with van der Waals surface area (Å²) in [5, 5.41) is 1.78. The summed E-state index contributed by atoms with van der Waals surface area (Å²) in [6.45, 7) is 0.807. The van der Waals surface area contributed by atoms with Gasteiger partial charge in [0.2, 0.25) is 0 Å². The molecule has 1 heterocycles. The third-order valence-electron chi connectivity index (χ3n) is 6.61. The van der Waals surface area contributed by atoms with E-state index in [4.69, 9.17) is 6.42 Å². The topological polar surface area (TPSA) is 32.3 Å². The number of nitrogens with one attached hydrogen (secondary N) is 1. The highest BCUT2D eigenvalue weighted by Crippen LogP contribution is 2.44. The smallest absolute Gasteiger partial charge is 0.298 e. The zero-order valence-electron chi connectivity index (χ0n) is 15.5. The SMILES string of the molecule is C#CCN1CC(C2CCCC(C(F)(F)F)C2)C(C(=O)C2CCC(F)CC2)N1. The average Bonchev–Trinajstić information content (AvgIpc) is 3.05. The molecule has 0 aromatic rings. The maximum Gasteiger partial charge on any atom is 0.391 e. The van der Waals surface area contributed by atoms with Gasteiger partial charge in [-0.2, -0.15) is 13.2 Å². The van der Waals surface area contributed by atoms with Crippen molar-refractivity contribution in [3.05, 3.63) is 0 Å². The predicted octanol–water partition coefficient (Wildman–Crippen LogP) is 3.89. The highest BCUT2D eigenvalue weighted by molar-refractivity contribution is 5.87. The molecule has 0 radical (unpaired) electrons. The van der Waals surface area contributed by atoms with Crippen LogP contribution >= 0.6 is 0 Å². The number of alkyl halides is 4. The van der Waals surface area contributed by atoms with E-state index in [2.05, 4.69) is 11.3 Å². The Bertz CT molecular complexity index is 565. The Labute approximate surface area is 158 Å². The highest BCUT2D eigenvalue weighted by atomic mass is 19.4. The van der Waals surface area contributed by atoms with E-state index in [-0.39, 0.29) is 36.4 Å². The summed E-state index contributed by atoms with van der Waals surface area (Å²) >= 11 is 0. The third kappa shape index (κ3) is 4.83. The second kappa shape index (κ2) is 8.48. The molecule has 1 aliphatic heterocycles. The molecule has 1 N–H and O–H groups in total. The molecule has 2 saturated carbocycles. The summed E-state index contributed by atoms with van der Waals surface area (Å²) in [6, 6.07) is -0.503. The summed E-state index contributed by atoms with van der Waals surface area (Å²) in [6.07, 6.45) is 3.70. The van der Waals surface area contributed by atoms with E-state index in [9.17, 15) is 22.4 Å².